The maximum Gasteiger partial charge on any atom is 0.695 e. The number of Topliss-reactive ketones (excluding diaryl/α,β-unsaturated/α-hetero) is 1. The summed E-state index contributed by atoms with van der Waals surface area (Å²) < 4.78 is 19.8. The lowest BCUT2D eigenvalue weighted by molar-refractivity contribution is 0.0891. The summed E-state index contributed by atoms with van der Waals surface area (Å²) in [6, 6.07) is 8.74. The molecule has 82 valence electrons. The molecule has 0 aliphatic heterocycles. The molecule has 2 aromatic rings. The second-order valence-electron chi connectivity index (χ2n) is 3.08. The van der Waals surface area contributed by atoms with E-state index < -0.39 is 20.6 Å². The van der Waals surface area contributed by atoms with Crippen LogP contribution in [-0.2, 0) is 9.09 Å². The molecule has 1 aromatic carbocycles. The molecular formula is C10H8O5P+. The lowest BCUT2D eigenvalue weighted by atomic mass is 10.2. The van der Waals surface area contributed by atoms with E-state index in [9.17, 15) is 9.36 Å². The van der Waals surface area contributed by atoms with Crippen molar-refractivity contribution in [3.63, 3.8) is 0 Å². The lowest BCUT2D eigenvalue weighted by Crippen LogP contribution is -2.04. The van der Waals surface area contributed by atoms with Crippen LogP contribution in [0.25, 0.3) is 11.0 Å². The molecule has 0 radical (unpaired) electrons. The van der Waals surface area contributed by atoms with E-state index in [1.54, 1.807) is 18.2 Å². The van der Waals surface area contributed by atoms with Gasteiger partial charge in [-0.15, -0.1) is 9.42 Å². The number of hydrogen-bond donors (Lipinski definition) is 1. The van der Waals surface area contributed by atoms with Gasteiger partial charge in [-0.3, -0.25) is 4.79 Å². The van der Waals surface area contributed by atoms with Crippen LogP contribution in [0.2, 0.25) is 0 Å². The van der Waals surface area contributed by atoms with Crippen LogP contribution in [0.5, 0.6) is 0 Å². The smallest absolute Gasteiger partial charge is 0.453 e. The van der Waals surface area contributed by atoms with Gasteiger partial charge in [0.1, 0.15) is 5.58 Å². The van der Waals surface area contributed by atoms with Crippen molar-refractivity contribution in [2.75, 3.05) is 6.61 Å². The standard InChI is InChI=1S/C10H7O5P/c11-8(6-14-16(12)13)10-5-7-3-1-2-4-9(7)15-10/h1-5H,6H2/p+1. The summed E-state index contributed by atoms with van der Waals surface area (Å²) in [6.45, 7) is -0.467. The molecule has 0 fully saturated rings. The van der Waals surface area contributed by atoms with Crippen LogP contribution in [0.3, 0.4) is 0 Å². The first-order valence-corrected chi connectivity index (χ1v) is 5.60. The molecule has 1 unspecified atom stereocenters. The molecule has 2 rings (SSSR count). The Bertz CT molecular complexity index is 512. The number of carbonyl (C=O) groups is 1. The van der Waals surface area contributed by atoms with Crippen LogP contribution >= 0.6 is 8.25 Å². The van der Waals surface area contributed by atoms with Gasteiger partial charge in [0.05, 0.1) is 0 Å². The van der Waals surface area contributed by atoms with Gasteiger partial charge in [0.25, 0.3) is 0 Å². The minimum absolute atomic E-state index is 0.123. The highest BCUT2D eigenvalue weighted by Crippen LogP contribution is 2.20. The maximum atomic E-state index is 11.5. The summed E-state index contributed by atoms with van der Waals surface area (Å²) >= 11 is 0. The van der Waals surface area contributed by atoms with Gasteiger partial charge in [0.15, 0.2) is 12.4 Å². The Labute approximate surface area is 91.6 Å². The van der Waals surface area contributed by atoms with Gasteiger partial charge in [0.2, 0.25) is 5.78 Å². The minimum Gasteiger partial charge on any atom is -0.453 e. The Hall–Kier alpha value is -1.55. The number of furan rings is 1. The van der Waals surface area contributed by atoms with E-state index in [0.717, 1.165) is 5.39 Å². The Morgan fingerprint density at radius 1 is 1.44 bits per heavy atom. The van der Waals surface area contributed by atoms with Crippen molar-refractivity contribution in [2.45, 2.75) is 0 Å². The third kappa shape index (κ3) is 2.33. The third-order valence-corrected chi connectivity index (χ3v) is 2.36. The van der Waals surface area contributed by atoms with Crippen molar-refractivity contribution >= 4 is 25.0 Å². The fourth-order valence-corrected chi connectivity index (χ4v) is 1.53. The van der Waals surface area contributed by atoms with Crippen molar-refractivity contribution in [1.29, 1.82) is 0 Å². The molecule has 0 spiro atoms. The molecule has 0 saturated carbocycles. The average Bonchev–Trinajstić information content (AvgIpc) is 2.69. The van der Waals surface area contributed by atoms with Gasteiger partial charge in [-0.2, -0.15) is 0 Å². The van der Waals surface area contributed by atoms with Crippen molar-refractivity contribution in [3.8, 4) is 0 Å². The first kappa shape index (κ1) is 11.0. The molecule has 16 heavy (non-hydrogen) atoms. The molecular weight excluding hydrogens is 231 g/mol. The van der Waals surface area contributed by atoms with E-state index >= 15 is 0 Å². The van der Waals surface area contributed by atoms with Gasteiger partial charge >= 0.3 is 8.25 Å². The number of para-hydroxylation sites is 1. The largest absolute Gasteiger partial charge is 0.695 e. The monoisotopic (exact) mass is 239 g/mol. The van der Waals surface area contributed by atoms with E-state index in [2.05, 4.69) is 4.52 Å². The highest BCUT2D eigenvalue weighted by Gasteiger charge is 2.19. The molecule has 0 aliphatic carbocycles. The summed E-state index contributed by atoms with van der Waals surface area (Å²) in [5.74, 6) is -0.341. The molecule has 5 nitrogen and oxygen atoms in total. The first-order valence-electron chi connectivity index (χ1n) is 4.47. The molecule has 1 heterocycles. The van der Waals surface area contributed by atoms with E-state index in [0.29, 0.717) is 5.58 Å². The topological polar surface area (TPSA) is 76.7 Å². The molecule has 6 heteroatoms. The molecule has 1 atom stereocenters. The zero-order chi connectivity index (χ0) is 11.5. The Kier molecular flexibility index (Phi) is 3.10. The van der Waals surface area contributed by atoms with E-state index in [-0.39, 0.29) is 5.76 Å². The molecule has 0 amide bonds. The van der Waals surface area contributed by atoms with Crippen LogP contribution in [-0.4, -0.2) is 17.3 Å². The normalized spacial score (nSPS) is 11.7. The van der Waals surface area contributed by atoms with Crippen molar-refractivity contribution in [3.05, 3.63) is 36.1 Å². The van der Waals surface area contributed by atoms with E-state index in [1.807, 2.05) is 12.1 Å². The van der Waals surface area contributed by atoms with Crippen LogP contribution in [0.4, 0.5) is 0 Å². The summed E-state index contributed by atoms with van der Waals surface area (Å²) in [5, 5.41) is 0.805. The summed E-state index contributed by atoms with van der Waals surface area (Å²) in [4.78, 5) is 19.9. The molecule has 1 N–H and O–H groups in total. The zero-order valence-electron chi connectivity index (χ0n) is 8.12. The van der Waals surface area contributed by atoms with Gasteiger partial charge in [-0.1, -0.05) is 18.2 Å². The second kappa shape index (κ2) is 4.53. The van der Waals surface area contributed by atoms with Crippen molar-refractivity contribution in [2.24, 2.45) is 0 Å². The van der Waals surface area contributed by atoms with Crippen LogP contribution in [0.15, 0.2) is 34.7 Å². The quantitative estimate of drug-likeness (QED) is 0.654. The van der Waals surface area contributed by atoms with Crippen LogP contribution in [0.1, 0.15) is 10.6 Å². The van der Waals surface area contributed by atoms with Gasteiger partial charge < -0.3 is 4.42 Å². The van der Waals surface area contributed by atoms with Crippen molar-refractivity contribution in [1.82, 2.24) is 0 Å². The molecule has 1 aromatic heterocycles. The Morgan fingerprint density at radius 2 is 2.19 bits per heavy atom. The third-order valence-electron chi connectivity index (χ3n) is 2.01. The second-order valence-corrected chi connectivity index (χ2v) is 3.82. The number of ketones is 1. The lowest BCUT2D eigenvalue weighted by Gasteiger charge is -1.88. The highest BCUT2D eigenvalue weighted by atomic mass is 31.1. The van der Waals surface area contributed by atoms with Gasteiger partial charge in [-0.05, 0) is 12.1 Å². The number of hydrogen-bond acceptors (Lipinski definition) is 4. The van der Waals surface area contributed by atoms with Crippen LogP contribution < -0.4 is 0 Å². The number of rotatable bonds is 4. The number of benzene rings is 1. The molecule has 0 saturated heterocycles. The molecule has 0 aliphatic rings. The van der Waals surface area contributed by atoms with Crippen LogP contribution in [0, 0.1) is 0 Å². The average molecular weight is 239 g/mol. The summed E-state index contributed by atoms with van der Waals surface area (Å²) in [7, 11) is -2.76. The summed E-state index contributed by atoms with van der Waals surface area (Å²) in [5.41, 5.74) is 0.597. The fraction of sp³-hybridized carbons (Fsp3) is 0.100. The predicted molar refractivity (Wildman–Crippen MR) is 56.3 cm³/mol. The SMILES string of the molecule is O=C(CO[P+](=O)O)c1cc2ccccc2o1. The van der Waals surface area contributed by atoms with Gasteiger partial charge in [0, 0.05) is 9.95 Å². The Balaban J connectivity index is 2.20. The van der Waals surface area contributed by atoms with E-state index in [1.165, 1.54) is 0 Å². The zero-order valence-corrected chi connectivity index (χ0v) is 9.02. The molecule has 0 bridgehead atoms. The first-order chi connectivity index (χ1) is 7.66. The van der Waals surface area contributed by atoms with Gasteiger partial charge in [-0.25, -0.2) is 0 Å². The van der Waals surface area contributed by atoms with Crippen molar-refractivity contribution < 1.29 is 23.2 Å². The summed E-state index contributed by atoms with van der Waals surface area (Å²) in [6.07, 6.45) is 0. The Morgan fingerprint density at radius 3 is 2.88 bits per heavy atom. The number of carbonyl (C=O) groups excluding carboxylic acids is 1. The maximum absolute atomic E-state index is 11.5. The minimum atomic E-state index is -2.76. The predicted octanol–water partition coefficient (Wildman–Crippen LogP) is 2.28. The number of fused-ring (bicyclic) bond motifs is 1. The fourth-order valence-electron chi connectivity index (χ4n) is 1.30. The highest BCUT2D eigenvalue weighted by molar-refractivity contribution is 7.32. The van der Waals surface area contributed by atoms with E-state index in [4.69, 9.17) is 9.31 Å².